The topological polar surface area (TPSA) is 110 Å². The summed E-state index contributed by atoms with van der Waals surface area (Å²) in [6.45, 7) is 5.71. The number of H-pyrrole nitrogens is 1. The van der Waals surface area contributed by atoms with E-state index in [2.05, 4.69) is 16.8 Å². The number of anilines is 1. The van der Waals surface area contributed by atoms with E-state index in [0.717, 1.165) is 23.0 Å². The maximum Gasteiger partial charge on any atom is 0.332 e. The second-order valence-electron chi connectivity index (χ2n) is 8.72. The third-order valence-electron chi connectivity index (χ3n) is 4.87. The zero-order valence-corrected chi connectivity index (χ0v) is 20.4. The van der Waals surface area contributed by atoms with Crippen LogP contribution >= 0.6 is 0 Å². The van der Waals surface area contributed by atoms with E-state index in [9.17, 15) is 26.8 Å². The minimum atomic E-state index is -3.89. The molecule has 184 valence electrons. The first-order chi connectivity index (χ1) is 16.2. The van der Waals surface area contributed by atoms with E-state index in [1.54, 1.807) is 10.8 Å². The van der Waals surface area contributed by atoms with Gasteiger partial charge in [0, 0.05) is 23.4 Å². The molecule has 0 aliphatic carbocycles. The van der Waals surface area contributed by atoms with E-state index < -0.39 is 44.0 Å². The smallest absolute Gasteiger partial charge is 0.332 e. The molecule has 0 aliphatic heterocycles. The van der Waals surface area contributed by atoms with Gasteiger partial charge in [-0.25, -0.2) is 26.6 Å². The molecule has 0 saturated heterocycles. The highest BCUT2D eigenvalue weighted by molar-refractivity contribution is 7.92. The Morgan fingerprint density at radius 3 is 2.20 bits per heavy atom. The van der Waals surface area contributed by atoms with Gasteiger partial charge in [0.05, 0.1) is 24.6 Å². The molecule has 35 heavy (non-hydrogen) atoms. The zero-order chi connectivity index (χ0) is 26.1. The highest BCUT2D eigenvalue weighted by Crippen LogP contribution is 2.35. The standard InChI is InChI=1S/C24H23F2N3O5S/c1-24(2,3)17-13-16(29-20(30)8-9-27-23(29)31)12-15(22(17)34-4)7-6-14-10-18(25)21(19(26)11-14)28-35(5,32)33/h8-13,28H,1-5H3,(H,27,31). The molecule has 0 saturated carbocycles. The van der Waals surface area contributed by atoms with Crippen LogP contribution in [0.15, 0.2) is 46.1 Å². The Balaban J connectivity index is 2.23. The van der Waals surface area contributed by atoms with Crippen LogP contribution in [-0.2, 0) is 15.4 Å². The molecule has 8 nitrogen and oxygen atoms in total. The van der Waals surface area contributed by atoms with Crippen molar-refractivity contribution in [1.29, 1.82) is 0 Å². The van der Waals surface area contributed by atoms with E-state index >= 15 is 0 Å². The number of rotatable bonds is 4. The summed E-state index contributed by atoms with van der Waals surface area (Å²) in [5, 5.41) is 0. The second-order valence-corrected chi connectivity index (χ2v) is 10.5. The van der Waals surface area contributed by atoms with Crippen molar-refractivity contribution in [3.8, 4) is 23.3 Å². The van der Waals surface area contributed by atoms with Crippen LogP contribution in [0.25, 0.3) is 5.69 Å². The molecule has 3 rings (SSSR count). The SMILES string of the molecule is COc1c(C#Cc2cc(F)c(NS(C)(=O)=O)c(F)c2)cc(-n2c(=O)cc[nH]c2=O)cc1C(C)(C)C. The predicted molar refractivity (Wildman–Crippen MR) is 129 cm³/mol. The average Bonchev–Trinajstić information content (AvgIpc) is 2.73. The van der Waals surface area contributed by atoms with Crippen molar-refractivity contribution in [2.75, 3.05) is 18.1 Å². The Hall–Kier alpha value is -3.91. The molecule has 1 aromatic heterocycles. The van der Waals surface area contributed by atoms with Gasteiger partial charge in [-0.1, -0.05) is 32.6 Å². The van der Waals surface area contributed by atoms with Crippen LogP contribution in [0.2, 0.25) is 0 Å². The maximum absolute atomic E-state index is 14.4. The molecule has 0 spiro atoms. The van der Waals surface area contributed by atoms with Gasteiger partial charge in [0.2, 0.25) is 10.0 Å². The molecule has 0 unspecified atom stereocenters. The van der Waals surface area contributed by atoms with Crippen molar-refractivity contribution in [2.24, 2.45) is 0 Å². The first-order valence-corrected chi connectivity index (χ1v) is 12.1. The Morgan fingerprint density at radius 1 is 1.06 bits per heavy atom. The summed E-state index contributed by atoms with van der Waals surface area (Å²) in [4.78, 5) is 27.2. The molecular formula is C24H23F2N3O5S. The predicted octanol–water partition coefficient (Wildman–Crippen LogP) is 2.88. The van der Waals surface area contributed by atoms with Gasteiger partial charge in [0.1, 0.15) is 11.4 Å². The van der Waals surface area contributed by atoms with Gasteiger partial charge in [-0.15, -0.1) is 0 Å². The lowest BCUT2D eigenvalue weighted by Crippen LogP contribution is -2.32. The number of hydrogen-bond donors (Lipinski definition) is 2. The number of benzene rings is 2. The molecule has 0 aliphatic rings. The summed E-state index contributed by atoms with van der Waals surface area (Å²) in [5.41, 5.74) is -1.44. The quantitative estimate of drug-likeness (QED) is 0.532. The van der Waals surface area contributed by atoms with Crippen LogP contribution in [0.4, 0.5) is 14.5 Å². The van der Waals surface area contributed by atoms with E-state index in [1.165, 1.54) is 25.4 Å². The normalized spacial score (nSPS) is 11.5. The van der Waals surface area contributed by atoms with Gasteiger partial charge < -0.3 is 9.72 Å². The first-order valence-electron chi connectivity index (χ1n) is 10.2. The van der Waals surface area contributed by atoms with Gasteiger partial charge >= 0.3 is 5.69 Å². The van der Waals surface area contributed by atoms with Gasteiger partial charge in [-0.3, -0.25) is 9.52 Å². The molecule has 0 fully saturated rings. The van der Waals surface area contributed by atoms with Gasteiger partial charge in [0.25, 0.3) is 5.56 Å². The highest BCUT2D eigenvalue weighted by atomic mass is 32.2. The lowest BCUT2D eigenvalue weighted by atomic mass is 9.84. The van der Waals surface area contributed by atoms with Crippen LogP contribution in [0.5, 0.6) is 5.75 Å². The molecule has 3 aromatic rings. The molecular weight excluding hydrogens is 480 g/mol. The Kier molecular flexibility index (Phi) is 6.89. The van der Waals surface area contributed by atoms with E-state index in [1.807, 2.05) is 20.8 Å². The molecule has 0 radical (unpaired) electrons. The summed E-state index contributed by atoms with van der Waals surface area (Å²) in [7, 11) is -2.46. The average molecular weight is 504 g/mol. The number of aromatic nitrogens is 2. The summed E-state index contributed by atoms with van der Waals surface area (Å²) in [5.74, 6) is 3.51. The van der Waals surface area contributed by atoms with Crippen molar-refractivity contribution in [1.82, 2.24) is 9.55 Å². The number of methoxy groups -OCH3 is 1. The number of sulfonamides is 1. The third-order valence-corrected chi connectivity index (χ3v) is 5.45. The Labute approximate surface area is 200 Å². The minimum absolute atomic E-state index is 0.0708. The Bertz CT molecular complexity index is 1540. The lowest BCUT2D eigenvalue weighted by Gasteiger charge is -2.24. The molecule has 1 heterocycles. The number of halogens is 2. The fourth-order valence-corrected chi connectivity index (χ4v) is 3.91. The molecule has 11 heteroatoms. The number of aromatic amines is 1. The summed E-state index contributed by atoms with van der Waals surface area (Å²) >= 11 is 0. The van der Waals surface area contributed by atoms with Crippen molar-refractivity contribution in [3.05, 3.63) is 85.7 Å². The molecule has 2 aromatic carbocycles. The minimum Gasteiger partial charge on any atom is -0.495 e. The summed E-state index contributed by atoms with van der Waals surface area (Å²) in [6.07, 6.45) is 2.01. The summed E-state index contributed by atoms with van der Waals surface area (Å²) < 4.78 is 59.7. The number of nitrogens with zero attached hydrogens (tertiary/aromatic N) is 1. The fourth-order valence-electron chi connectivity index (χ4n) is 3.35. The zero-order valence-electron chi connectivity index (χ0n) is 19.6. The van der Waals surface area contributed by atoms with Crippen molar-refractivity contribution >= 4 is 15.7 Å². The second kappa shape index (κ2) is 9.38. The van der Waals surface area contributed by atoms with Gasteiger partial charge in [-0.05, 0) is 29.7 Å². The van der Waals surface area contributed by atoms with Crippen molar-refractivity contribution < 1.29 is 21.9 Å². The number of hydrogen-bond acceptors (Lipinski definition) is 5. The number of ether oxygens (including phenoxy) is 1. The van der Waals surface area contributed by atoms with Gasteiger partial charge in [-0.2, -0.15) is 0 Å². The largest absolute Gasteiger partial charge is 0.495 e. The van der Waals surface area contributed by atoms with E-state index in [4.69, 9.17) is 4.74 Å². The van der Waals surface area contributed by atoms with Crippen molar-refractivity contribution in [2.45, 2.75) is 26.2 Å². The van der Waals surface area contributed by atoms with E-state index in [0.29, 0.717) is 11.3 Å². The van der Waals surface area contributed by atoms with Gasteiger partial charge in [0.15, 0.2) is 11.6 Å². The van der Waals surface area contributed by atoms with Crippen molar-refractivity contribution in [3.63, 3.8) is 0 Å². The fraction of sp³-hybridized carbons (Fsp3) is 0.250. The monoisotopic (exact) mass is 503 g/mol. The van der Waals surface area contributed by atoms with Crippen LogP contribution < -0.4 is 20.7 Å². The molecule has 0 amide bonds. The molecule has 0 atom stereocenters. The molecule has 0 bridgehead atoms. The Morgan fingerprint density at radius 2 is 1.69 bits per heavy atom. The maximum atomic E-state index is 14.4. The van der Waals surface area contributed by atoms with E-state index in [-0.39, 0.29) is 16.8 Å². The highest BCUT2D eigenvalue weighted by Gasteiger charge is 2.23. The summed E-state index contributed by atoms with van der Waals surface area (Å²) in [6, 6.07) is 6.08. The lowest BCUT2D eigenvalue weighted by molar-refractivity contribution is 0.396. The van der Waals surface area contributed by atoms with Crippen LogP contribution in [-0.4, -0.2) is 31.3 Å². The first kappa shape index (κ1) is 25.7. The van der Waals surface area contributed by atoms with Crippen LogP contribution in [0, 0.1) is 23.5 Å². The molecule has 2 N–H and O–H groups in total. The van der Waals surface area contributed by atoms with Crippen LogP contribution in [0.1, 0.15) is 37.5 Å². The number of nitrogens with one attached hydrogen (secondary N) is 2. The van der Waals surface area contributed by atoms with Crippen LogP contribution in [0.3, 0.4) is 0 Å². The third kappa shape index (κ3) is 5.78.